The summed E-state index contributed by atoms with van der Waals surface area (Å²) in [4.78, 5) is 10.9. The molecule has 1 aromatic rings. The molecule has 0 fully saturated rings. The Morgan fingerprint density at radius 1 is 1.21 bits per heavy atom. The summed E-state index contributed by atoms with van der Waals surface area (Å²) in [5.41, 5.74) is 1.24. The number of nitrogens with one attached hydrogen (secondary N) is 1. The van der Waals surface area contributed by atoms with Crippen LogP contribution >= 0.6 is 0 Å². The maximum absolute atomic E-state index is 10.9. The first-order valence-electron chi connectivity index (χ1n) is 6.99. The van der Waals surface area contributed by atoms with E-state index in [0.29, 0.717) is 5.92 Å². The highest BCUT2D eigenvalue weighted by Gasteiger charge is 2.16. The predicted octanol–water partition coefficient (Wildman–Crippen LogP) is 3.47. The van der Waals surface area contributed by atoms with Crippen molar-refractivity contribution in [1.82, 2.24) is 5.32 Å². The Bertz CT molecular complexity index is 376. The Morgan fingerprint density at radius 3 is 2.37 bits per heavy atom. The average molecular weight is 263 g/mol. The molecule has 1 aromatic carbocycles. The maximum atomic E-state index is 10.9. The number of carbonyl (C=O) groups is 1. The van der Waals surface area contributed by atoms with Crippen LogP contribution in [-0.4, -0.2) is 17.6 Å². The molecular formula is C16H25NO2. The molecule has 0 spiro atoms. The number of carboxylic acid groups (broad SMARTS) is 1. The van der Waals surface area contributed by atoms with Crippen LogP contribution in [0.1, 0.15) is 45.2 Å². The van der Waals surface area contributed by atoms with Crippen LogP contribution in [0.2, 0.25) is 0 Å². The smallest absolute Gasteiger partial charge is 0.303 e. The van der Waals surface area contributed by atoms with Crippen LogP contribution in [0.15, 0.2) is 30.3 Å². The van der Waals surface area contributed by atoms with E-state index in [9.17, 15) is 4.79 Å². The molecule has 0 radical (unpaired) electrons. The summed E-state index contributed by atoms with van der Waals surface area (Å²) >= 11 is 0. The zero-order valence-corrected chi connectivity index (χ0v) is 12.1. The summed E-state index contributed by atoms with van der Waals surface area (Å²) in [5.74, 6) is 0.0154. The molecule has 3 heteroatoms. The van der Waals surface area contributed by atoms with E-state index in [4.69, 9.17) is 5.11 Å². The minimum absolute atomic E-state index is 0.198. The second kappa shape index (κ2) is 7.95. The van der Waals surface area contributed by atoms with Crippen molar-refractivity contribution in [1.29, 1.82) is 0 Å². The number of rotatable bonds is 8. The van der Waals surface area contributed by atoms with E-state index in [2.05, 4.69) is 38.2 Å². The molecule has 106 valence electrons. The van der Waals surface area contributed by atoms with Gasteiger partial charge in [0.05, 0.1) is 0 Å². The molecule has 0 heterocycles. The van der Waals surface area contributed by atoms with E-state index in [1.165, 1.54) is 5.56 Å². The minimum atomic E-state index is -0.709. The zero-order valence-electron chi connectivity index (χ0n) is 12.1. The molecule has 0 amide bonds. The highest BCUT2D eigenvalue weighted by atomic mass is 16.4. The highest BCUT2D eigenvalue weighted by molar-refractivity contribution is 5.67. The van der Waals surface area contributed by atoms with Crippen molar-refractivity contribution in [3.05, 3.63) is 35.9 Å². The summed E-state index contributed by atoms with van der Waals surface area (Å²) in [6.45, 7) is 7.13. The lowest BCUT2D eigenvalue weighted by molar-refractivity contribution is -0.138. The topological polar surface area (TPSA) is 49.3 Å². The van der Waals surface area contributed by atoms with E-state index in [1.807, 2.05) is 18.2 Å². The summed E-state index contributed by atoms with van der Waals surface area (Å²) in [7, 11) is 0. The van der Waals surface area contributed by atoms with Gasteiger partial charge in [0.25, 0.3) is 0 Å². The third-order valence-corrected chi connectivity index (χ3v) is 3.28. The fraction of sp³-hybridized carbons (Fsp3) is 0.562. The van der Waals surface area contributed by atoms with Crippen LogP contribution in [0.4, 0.5) is 0 Å². The van der Waals surface area contributed by atoms with Crippen LogP contribution in [0.25, 0.3) is 0 Å². The molecule has 0 unspecified atom stereocenters. The monoisotopic (exact) mass is 263 g/mol. The van der Waals surface area contributed by atoms with Gasteiger partial charge in [-0.25, -0.2) is 0 Å². The van der Waals surface area contributed by atoms with Gasteiger partial charge in [-0.15, -0.1) is 0 Å². The quantitative estimate of drug-likeness (QED) is 0.755. The molecule has 2 atom stereocenters. The average Bonchev–Trinajstić information content (AvgIpc) is 2.35. The molecule has 0 saturated carbocycles. The lowest BCUT2D eigenvalue weighted by Gasteiger charge is -2.21. The lowest BCUT2D eigenvalue weighted by atomic mass is 9.93. The van der Waals surface area contributed by atoms with Gasteiger partial charge in [0.15, 0.2) is 0 Å². The van der Waals surface area contributed by atoms with Gasteiger partial charge in [-0.2, -0.15) is 0 Å². The van der Waals surface area contributed by atoms with Gasteiger partial charge in [-0.1, -0.05) is 44.2 Å². The summed E-state index contributed by atoms with van der Waals surface area (Å²) in [6.07, 6.45) is 1.19. The van der Waals surface area contributed by atoms with Crippen LogP contribution < -0.4 is 5.32 Å². The second-order valence-corrected chi connectivity index (χ2v) is 5.63. The van der Waals surface area contributed by atoms with Crippen LogP contribution in [-0.2, 0) is 4.79 Å². The SMILES string of the molecule is CC(C)C[C@H](CN[C@H](C)c1ccccc1)CC(=O)O. The fourth-order valence-corrected chi connectivity index (χ4v) is 2.36. The van der Waals surface area contributed by atoms with Crippen molar-refractivity contribution in [2.75, 3.05) is 6.54 Å². The van der Waals surface area contributed by atoms with Crippen molar-refractivity contribution < 1.29 is 9.90 Å². The predicted molar refractivity (Wildman–Crippen MR) is 78.1 cm³/mol. The van der Waals surface area contributed by atoms with Crippen molar-refractivity contribution in [2.45, 2.75) is 39.7 Å². The second-order valence-electron chi connectivity index (χ2n) is 5.63. The van der Waals surface area contributed by atoms with Gasteiger partial charge in [0.1, 0.15) is 0 Å². The Hall–Kier alpha value is -1.35. The largest absolute Gasteiger partial charge is 0.481 e. The molecule has 0 aliphatic rings. The normalized spacial score (nSPS) is 14.3. The standard InChI is InChI=1S/C16H25NO2/c1-12(2)9-14(10-16(18)19)11-17-13(3)15-7-5-4-6-8-15/h4-8,12-14,17H,9-11H2,1-3H3,(H,18,19)/t13-,14+/m1/s1. The fourth-order valence-electron chi connectivity index (χ4n) is 2.36. The van der Waals surface area contributed by atoms with E-state index < -0.39 is 5.97 Å². The van der Waals surface area contributed by atoms with E-state index in [1.54, 1.807) is 0 Å². The van der Waals surface area contributed by atoms with Gasteiger partial charge in [-0.3, -0.25) is 4.79 Å². The Labute approximate surface area is 116 Å². The number of hydrogen-bond donors (Lipinski definition) is 2. The van der Waals surface area contributed by atoms with Crippen molar-refractivity contribution in [3.8, 4) is 0 Å². The van der Waals surface area contributed by atoms with E-state index in [-0.39, 0.29) is 18.4 Å². The molecule has 0 aromatic heterocycles. The number of hydrogen-bond acceptors (Lipinski definition) is 2. The van der Waals surface area contributed by atoms with Crippen molar-refractivity contribution >= 4 is 5.97 Å². The first-order valence-corrected chi connectivity index (χ1v) is 6.99. The van der Waals surface area contributed by atoms with E-state index >= 15 is 0 Å². The first kappa shape index (κ1) is 15.7. The van der Waals surface area contributed by atoms with Gasteiger partial charge >= 0.3 is 5.97 Å². The molecule has 1 rings (SSSR count). The third-order valence-electron chi connectivity index (χ3n) is 3.28. The van der Waals surface area contributed by atoms with Gasteiger partial charge < -0.3 is 10.4 Å². The molecule has 3 nitrogen and oxygen atoms in total. The van der Waals surface area contributed by atoms with Crippen LogP contribution in [0.3, 0.4) is 0 Å². The molecule has 0 aliphatic heterocycles. The molecule has 19 heavy (non-hydrogen) atoms. The highest BCUT2D eigenvalue weighted by Crippen LogP contribution is 2.17. The summed E-state index contributed by atoms with van der Waals surface area (Å²) in [6, 6.07) is 10.5. The number of aliphatic carboxylic acids is 1. The van der Waals surface area contributed by atoms with Crippen LogP contribution in [0.5, 0.6) is 0 Å². The van der Waals surface area contributed by atoms with Gasteiger partial charge in [0.2, 0.25) is 0 Å². The Morgan fingerprint density at radius 2 is 1.84 bits per heavy atom. The van der Waals surface area contributed by atoms with Crippen molar-refractivity contribution in [2.24, 2.45) is 11.8 Å². The molecule has 0 aliphatic carbocycles. The van der Waals surface area contributed by atoms with Gasteiger partial charge in [-0.05, 0) is 37.3 Å². The molecular weight excluding hydrogens is 238 g/mol. The Kier molecular flexibility index (Phi) is 6.57. The number of carboxylic acids is 1. The van der Waals surface area contributed by atoms with Crippen molar-refractivity contribution in [3.63, 3.8) is 0 Å². The third kappa shape index (κ3) is 6.39. The lowest BCUT2D eigenvalue weighted by Crippen LogP contribution is -2.28. The molecule has 2 N–H and O–H groups in total. The molecule has 0 bridgehead atoms. The molecule has 0 saturated heterocycles. The van der Waals surface area contributed by atoms with E-state index in [0.717, 1.165) is 13.0 Å². The maximum Gasteiger partial charge on any atom is 0.303 e. The first-order chi connectivity index (χ1) is 8.99. The summed E-state index contributed by atoms with van der Waals surface area (Å²) in [5, 5.41) is 12.4. The summed E-state index contributed by atoms with van der Waals surface area (Å²) < 4.78 is 0. The van der Waals surface area contributed by atoms with Gasteiger partial charge in [0, 0.05) is 12.5 Å². The zero-order chi connectivity index (χ0) is 14.3. The van der Waals surface area contributed by atoms with Crippen LogP contribution in [0, 0.1) is 11.8 Å². The Balaban J connectivity index is 2.48. The minimum Gasteiger partial charge on any atom is -0.481 e. The number of benzene rings is 1.